The van der Waals surface area contributed by atoms with Gasteiger partial charge in [0.05, 0.1) is 12.1 Å². The molecule has 0 fully saturated rings. The lowest BCUT2D eigenvalue weighted by molar-refractivity contribution is -0.148. The van der Waals surface area contributed by atoms with Gasteiger partial charge >= 0.3 is 12.6 Å². The van der Waals surface area contributed by atoms with Crippen molar-refractivity contribution < 1.29 is 32.6 Å². The molecular weight excluding hydrogens is 410 g/mol. The van der Waals surface area contributed by atoms with Crippen LogP contribution in [0.5, 0.6) is 11.5 Å². The van der Waals surface area contributed by atoms with E-state index in [0.29, 0.717) is 10.6 Å². The average Bonchev–Trinajstić information content (AvgIpc) is 2.68. The molecule has 1 aromatic heterocycles. The molecule has 1 heterocycles. The highest BCUT2D eigenvalue weighted by Crippen LogP contribution is 2.29. The Bertz CT molecular complexity index is 891. The van der Waals surface area contributed by atoms with Gasteiger partial charge in [0.15, 0.2) is 17.6 Å². The second kappa shape index (κ2) is 10.4. The molecule has 0 aliphatic heterocycles. The summed E-state index contributed by atoms with van der Waals surface area (Å²) < 4.78 is 39.0. The second-order valence-electron chi connectivity index (χ2n) is 5.55. The third kappa shape index (κ3) is 7.04. The number of halogens is 3. The summed E-state index contributed by atoms with van der Waals surface area (Å²) in [5.41, 5.74) is 0.475. The van der Waals surface area contributed by atoms with Gasteiger partial charge in [0, 0.05) is 12.3 Å². The summed E-state index contributed by atoms with van der Waals surface area (Å²) in [4.78, 5) is 27.9. The number of esters is 1. The fourth-order valence-electron chi connectivity index (χ4n) is 2.09. The van der Waals surface area contributed by atoms with Gasteiger partial charge in [0.1, 0.15) is 5.82 Å². The Morgan fingerprint density at radius 3 is 2.59 bits per heavy atom. The van der Waals surface area contributed by atoms with Crippen LogP contribution in [0.15, 0.2) is 42.6 Å². The molecule has 10 heteroatoms. The monoisotopic (exact) mass is 426 g/mol. The van der Waals surface area contributed by atoms with Crippen LogP contribution in [0.1, 0.15) is 12.5 Å². The molecule has 154 valence electrons. The summed E-state index contributed by atoms with van der Waals surface area (Å²) in [5.74, 6) is -1.15. The Morgan fingerprint density at radius 1 is 1.21 bits per heavy atom. The minimum absolute atomic E-state index is 0.0732. The summed E-state index contributed by atoms with van der Waals surface area (Å²) >= 11 is 5.71. The summed E-state index contributed by atoms with van der Waals surface area (Å²) in [6.07, 6.45) is 2.75. The lowest BCUT2D eigenvalue weighted by atomic mass is 10.2. The van der Waals surface area contributed by atoms with E-state index in [1.807, 2.05) is 0 Å². The number of anilines is 1. The topological polar surface area (TPSA) is 86.8 Å². The summed E-state index contributed by atoms with van der Waals surface area (Å²) in [6, 6.07) is 7.19. The molecule has 0 saturated heterocycles. The molecule has 2 aromatic rings. The fraction of sp³-hybridized carbons (Fsp3) is 0.211. The van der Waals surface area contributed by atoms with Gasteiger partial charge in [-0.15, -0.1) is 0 Å². The van der Waals surface area contributed by atoms with Crippen molar-refractivity contribution in [1.29, 1.82) is 0 Å². The molecule has 0 radical (unpaired) electrons. The van der Waals surface area contributed by atoms with Crippen LogP contribution in [0, 0.1) is 0 Å². The summed E-state index contributed by atoms with van der Waals surface area (Å²) in [6.45, 7) is -1.59. The predicted molar refractivity (Wildman–Crippen MR) is 102 cm³/mol. The second-order valence-corrected chi connectivity index (χ2v) is 5.99. The number of amides is 1. The van der Waals surface area contributed by atoms with Crippen LogP contribution >= 0.6 is 11.6 Å². The molecule has 1 N–H and O–H groups in total. The lowest BCUT2D eigenvalue weighted by Crippen LogP contribution is -2.29. The van der Waals surface area contributed by atoms with E-state index >= 15 is 0 Å². The van der Waals surface area contributed by atoms with Crippen LogP contribution in [0.2, 0.25) is 5.02 Å². The zero-order valence-electron chi connectivity index (χ0n) is 15.4. The number of nitrogens with zero attached hydrogens (tertiary/aromatic N) is 1. The molecule has 7 nitrogen and oxygen atoms in total. The number of methoxy groups -OCH3 is 1. The Labute approximate surface area is 170 Å². The van der Waals surface area contributed by atoms with Crippen LogP contribution in [-0.2, 0) is 14.3 Å². The zero-order chi connectivity index (χ0) is 21.4. The van der Waals surface area contributed by atoms with Crippen LogP contribution in [0.4, 0.5) is 14.6 Å². The van der Waals surface area contributed by atoms with Gasteiger partial charge in [-0.25, -0.2) is 9.78 Å². The molecule has 1 unspecified atom stereocenters. The minimum atomic E-state index is -2.99. The maximum absolute atomic E-state index is 12.3. The van der Waals surface area contributed by atoms with E-state index in [-0.39, 0.29) is 17.3 Å². The number of hydrogen-bond acceptors (Lipinski definition) is 6. The standard InChI is InChI=1S/C19H17ClF2N2O5/c1-11(18(26)24-16-7-5-13(20)10-23-16)28-17(25)8-4-12-3-6-14(29-19(21)22)15(9-12)27-2/h3-11,19H,1-2H3,(H,23,24,26)/b8-4+. The molecule has 1 atom stereocenters. The molecule has 1 amide bonds. The smallest absolute Gasteiger partial charge is 0.387 e. The highest BCUT2D eigenvalue weighted by Gasteiger charge is 2.17. The van der Waals surface area contributed by atoms with Crippen LogP contribution in [0.3, 0.4) is 0 Å². The van der Waals surface area contributed by atoms with Crippen molar-refractivity contribution in [1.82, 2.24) is 4.98 Å². The molecule has 0 saturated carbocycles. The van der Waals surface area contributed by atoms with Crippen LogP contribution < -0.4 is 14.8 Å². The van der Waals surface area contributed by atoms with E-state index in [0.717, 1.165) is 6.08 Å². The van der Waals surface area contributed by atoms with E-state index in [2.05, 4.69) is 15.0 Å². The number of ether oxygens (including phenoxy) is 3. The van der Waals surface area contributed by atoms with Gasteiger partial charge < -0.3 is 19.5 Å². The Hall–Kier alpha value is -3.20. The van der Waals surface area contributed by atoms with Crippen molar-refractivity contribution >= 4 is 35.4 Å². The van der Waals surface area contributed by atoms with Crippen molar-refractivity contribution in [2.24, 2.45) is 0 Å². The molecule has 29 heavy (non-hydrogen) atoms. The molecule has 1 aromatic carbocycles. The molecule has 0 aliphatic carbocycles. The summed E-state index contributed by atoms with van der Waals surface area (Å²) in [5, 5.41) is 2.90. The number of pyridine rings is 1. The minimum Gasteiger partial charge on any atom is -0.493 e. The number of alkyl halides is 2. The molecule has 2 rings (SSSR count). The number of aromatic nitrogens is 1. The molecule has 0 aliphatic rings. The van der Waals surface area contributed by atoms with E-state index in [1.54, 1.807) is 6.07 Å². The van der Waals surface area contributed by atoms with E-state index in [9.17, 15) is 18.4 Å². The van der Waals surface area contributed by atoms with Gasteiger partial charge in [0.25, 0.3) is 5.91 Å². The van der Waals surface area contributed by atoms with Crippen LogP contribution in [-0.4, -0.2) is 36.7 Å². The number of rotatable bonds is 8. The largest absolute Gasteiger partial charge is 0.493 e. The van der Waals surface area contributed by atoms with Crippen molar-refractivity contribution in [3.63, 3.8) is 0 Å². The number of carbonyl (C=O) groups is 2. The van der Waals surface area contributed by atoms with Gasteiger partial charge in [0.2, 0.25) is 0 Å². The molecular formula is C19H17ClF2N2O5. The van der Waals surface area contributed by atoms with Gasteiger partial charge in [-0.2, -0.15) is 8.78 Å². The Morgan fingerprint density at radius 2 is 1.97 bits per heavy atom. The van der Waals surface area contributed by atoms with E-state index in [1.165, 1.54) is 50.6 Å². The van der Waals surface area contributed by atoms with E-state index in [4.69, 9.17) is 21.1 Å². The first-order valence-corrected chi connectivity index (χ1v) is 8.60. The van der Waals surface area contributed by atoms with Crippen molar-refractivity contribution in [2.75, 3.05) is 12.4 Å². The Kier molecular flexibility index (Phi) is 7.90. The predicted octanol–water partition coefficient (Wildman–Crippen LogP) is 3.93. The van der Waals surface area contributed by atoms with Crippen molar-refractivity contribution in [3.05, 3.63) is 53.2 Å². The Balaban J connectivity index is 1.94. The molecule has 0 bridgehead atoms. The normalized spacial score (nSPS) is 11.9. The third-order valence-electron chi connectivity index (χ3n) is 3.46. The number of benzene rings is 1. The fourth-order valence-corrected chi connectivity index (χ4v) is 2.20. The molecule has 0 spiro atoms. The quantitative estimate of drug-likeness (QED) is 0.508. The lowest BCUT2D eigenvalue weighted by Gasteiger charge is -2.12. The first-order valence-electron chi connectivity index (χ1n) is 8.22. The SMILES string of the molecule is COc1cc(/C=C/C(=O)OC(C)C(=O)Nc2ccc(Cl)cn2)ccc1OC(F)F. The van der Waals surface area contributed by atoms with Crippen molar-refractivity contribution in [2.45, 2.75) is 19.6 Å². The number of hydrogen-bond donors (Lipinski definition) is 1. The summed E-state index contributed by atoms with van der Waals surface area (Å²) in [7, 11) is 1.30. The third-order valence-corrected chi connectivity index (χ3v) is 3.68. The highest BCUT2D eigenvalue weighted by atomic mass is 35.5. The van der Waals surface area contributed by atoms with Gasteiger partial charge in [-0.1, -0.05) is 17.7 Å². The average molecular weight is 427 g/mol. The first kappa shape index (κ1) is 22.1. The zero-order valence-corrected chi connectivity index (χ0v) is 16.2. The highest BCUT2D eigenvalue weighted by molar-refractivity contribution is 6.30. The van der Waals surface area contributed by atoms with Gasteiger partial charge in [-0.05, 0) is 42.8 Å². The maximum atomic E-state index is 12.3. The number of carbonyl (C=O) groups excluding carboxylic acids is 2. The van der Waals surface area contributed by atoms with Gasteiger partial charge in [-0.3, -0.25) is 4.79 Å². The van der Waals surface area contributed by atoms with Crippen LogP contribution in [0.25, 0.3) is 6.08 Å². The van der Waals surface area contributed by atoms with Crippen molar-refractivity contribution in [3.8, 4) is 11.5 Å². The first-order chi connectivity index (χ1) is 13.8. The maximum Gasteiger partial charge on any atom is 0.387 e. The number of nitrogens with one attached hydrogen (secondary N) is 1. The van der Waals surface area contributed by atoms with E-state index < -0.39 is 24.6 Å².